The van der Waals surface area contributed by atoms with Gasteiger partial charge < -0.3 is 10.8 Å². The SMILES string of the molecule is CC(C)C(N)C(CO)N(C)CCC(F)(F)F. The first-order valence-electron chi connectivity index (χ1n) is 5.32. The van der Waals surface area contributed by atoms with Crippen LogP contribution in [-0.2, 0) is 0 Å². The highest BCUT2D eigenvalue weighted by Crippen LogP contribution is 2.20. The van der Waals surface area contributed by atoms with Crippen LogP contribution in [0.1, 0.15) is 20.3 Å². The molecule has 0 saturated carbocycles. The van der Waals surface area contributed by atoms with Gasteiger partial charge in [0.1, 0.15) is 0 Å². The second kappa shape index (κ2) is 6.42. The first-order valence-corrected chi connectivity index (χ1v) is 5.32. The Morgan fingerprint density at radius 2 is 1.81 bits per heavy atom. The Hall–Kier alpha value is -0.330. The van der Waals surface area contributed by atoms with Crippen LogP contribution in [0.5, 0.6) is 0 Å². The van der Waals surface area contributed by atoms with E-state index < -0.39 is 18.6 Å². The highest BCUT2D eigenvalue weighted by molar-refractivity contribution is 4.82. The molecule has 0 aromatic carbocycles. The summed E-state index contributed by atoms with van der Waals surface area (Å²) in [6.07, 6.45) is -5.05. The summed E-state index contributed by atoms with van der Waals surface area (Å²) in [5, 5.41) is 9.14. The van der Waals surface area contributed by atoms with Crippen LogP contribution in [0.25, 0.3) is 0 Å². The van der Waals surface area contributed by atoms with E-state index in [1.807, 2.05) is 13.8 Å². The largest absolute Gasteiger partial charge is 0.395 e. The average molecular weight is 242 g/mol. The number of hydrogen-bond acceptors (Lipinski definition) is 3. The molecule has 0 heterocycles. The van der Waals surface area contributed by atoms with E-state index in [1.165, 1.54) is 4.90 Å². The number of hydrogen-bond donors (Lipinski definition) is 2. The number of aliphatic hydroxyl groups is 1. The van der Waals surface area contributed by atoms with Crippen molar-refractivity contribution in [1.29, 1.82) is 0 Å². The summed E-state index contributed by atoms with van der Waals surface area (Å²) in [5.74, 6) is 0.116. The molecule has 0 fully saturated rings. The van der Waals surface area contributed by atoms with Crippen LogP contribution in [0.4, 0.5) is 13.2 Å². The number of halogens is 3. The van der Waals surface area contributed by atoms with Gasteiger partial charge in [-0.15, -0.1) is 0 Å². The van der Waals surface area contributed by atoms with Crippen LogP contribution in [0, 0.1) is 5.92 Å². The van der Waals surface area contributed by atoms with E-state index >= 15 is 0 Å². The zero-order valence-electron chi connectivity index (χ0n) is 9.96. The molecule has 0 aliphatic heterocycles. The molecule has 0 bridgehead atoms. The smallest absolute Gasteiger partial charge is 0.390 e. The van der Waals surface area contributed by atoms with Gasteiger partial charge in [0, 0.05) is 18.6 Å². The van der Waals surface area contributed by atoms with Gasteiger partial charge >= 0.3 is 6.18 Å². The summed E-state index contributed by atoms with van der Waals surface area (Å²) < 4.78 is 36.1. The van der Waals surface area contributed by atoms with Gasteiger partial charge in [0.15, 0.2) is 0 Å². The average Bonchev–Trinajstić information content (AvgIpc) is 2.14. The molecule has 2 atom stereocenters. The Morgan fingerprint density at radius 3 is 2.12 bits per heavy atom. The molecule has 3 nitrogen and oxygen atoms in total. The van der Waals surface area contributed by atoms with E-state index in [2.05, 4.69) is 0 Å². The van der Waals surface area contributed by atoms with Crippen molar-refractivity contribution < 1.29 is 18.3 Å². The molecule has 0 radical (unpaired) electrons. The predicted octanol–water partition coefficient (Wildman–Crippen LogP) is 1.21. The number of aliphatic hydroxyl groups excluding tert-OH is 1. The van der Waals surface area contributed by atoms with Crippen molar-refractivity contribution in [1.82, 2.24) is 4.90 Å². The quantitative estimate of drug-likeness (QED) is 0.736. The van der Waals surface area contributed by atoms with E-state index in [9.17, 15) is 13.2 Å². The standard InChI is InChI=1S/C10H21F3N2O/c1-7(2)9(14)8(6-16)15(3)5-4-10(11,12)13/h7-9,16H,4-6,14H2,1-3H3. The molecule has 6 heteroatoms. The Bertz CT molecular complexity index is 197. The van der Waals surface area contributed by atoms with Crippen LogP contribution >= 0.6 is 0 Å². The van der Waals surface area contributed by atoms with Gasteiger partial charge in [0.25, 0.3) is 0 Å². The molecule has 0 aliphatic rings. The summed E-state index contributed by atoms with van der Waals surface area (Å²) in [4.78, 5) is 1.47. The van der Waals surface area contributed by atoms with Crippen LogP contribution in [0.2, 0.25) is 0 Å². The minimum atomic E-state index is -4.17. The molecule has 0 spiro atoms. The third-order valence-electron chi connectivity index (χ3n) is 2.72. The van der Waals surface area contributed by atoms with E-state index in [0.29, 0.717) is 0 Å². The molecular weight excluding hydrogens is 221 g/mol. The second-order valence-corrected chi connectivity index (χ2v) is 4.42. The van der Waals surface area contributed by atoms with Gasteiger partial charge in [-0.2, -0.15) is 13.2 Å². The number of nitrogens with zero attached hydrogens (tertiary/aromatic N) is 1. The van der Waals surface area contributed by atoms with Crippen molar-refractivity contribution in [3.05, 3.63) is 0 Å². The fraction of sp³-hybridized carbons (Fsp3) is 1.00. The molecule has 3 N–H and O–H groups in total. The van der Waals surface area contributed by atoms with E-state index in [4.69, 9.17) is 10.8 Å². The summed E-state index contributed by atoms with van der Waals surface area (Å²) in [7, 11) is 1.55. The topological polar surface area (TPSA) is 49.5 Å². The molecule has 0 amide bonds. The van der Waals surface area contributed by atoms with E-state index in [-0.39, 0.29) is 25.1 Å². The summed E-state index contributed by atoms with van der Waals surface area (Å²) in [6, 6.07) is -0.759. The molecule has 0 aromatic heterocycles. The Morgan fingerprint density at radius 1 is 1.31 bits per heavy atom. The second-order valence-electron chi connectivity index (χ2n) is 4.42. The zero-order chi connectivity index (χ0) is 12.9. The predicted molar refractivity (Wildman–Crippen MR) is 57.0 cm³/mol. The lowest BCUT2D eigenvalue weighted by atomic mass is 9.97. The normalized spacial score (nSPS) is 16.9. The maximum atomic E-state index is 12.0. The van der Waals surface area contributed by atoms with Crippen LogP contribution in [0.15, 0.2) is 0 Å². The fourth-order valence-electron chi connectivity index (χ4n) is 1.47. The number of alkyl halides is 3. The lowest BCUT2D eigenvalue weighted by Crippen LogP contribution is -2.51. The monoisotopic (exact) mass is 242 g/mol. The molecule has 0 aromatic rings. The van der Waals surface area contributed by atoms with Crippen LogP contribution in [-0.4, -0.2) is 48.5 Å². The Kier molecular flexibility index (Phi) is 6.28. The van der Waals surface area contributed by atoms with Gasteiger partial charge in [0.2, 0.25) is 0 Å². The summed E-state index contributed by atoms with van der Waals surface area (Å²) in [5.41, 5.74) is 5.83. The lowest BCUT2D eigenvalue weighted by Gasteiger charge is -2.33. The third kappa shape index (κ3) is 5.67. The lowest BCUT2D eigenvalue weighted by molar-refractivity contribution is -0.139. The third-order valence-corrected chi connectivity index (χ3v) is 2.72. The zero-order valence-corrected chi connectivity index (χ0v) is 9.96. The van der Waals surface area contributed by atoms with E-state index in [0.717, 1.165) is 0 Å². The summed E-state index contributed by atoms with van der Waals surface area (Å²) in [6.45, 7) is 3.39. The van der Waals surface area contributed by atoms with Gasteiger partial charge in [-0.3, -0.25) is 4.90 Å². The fourth-order valence-corrected chi connectivity index (χ4v) is 1.47. The summed E-state index contributed by atoms with van der Waals surface area (Å²) >= 11 is 0. The van der Waals surface area contributed by atoms with Crippen molar-refractivity contribution in [3.8, 4) is 0 Å². The van der Waals surface area contributed by atoms with Crippen molar-refractivity contribution in [2.75, 3.05) is 20.2 Å². The first kappa shape index (κ1) is 15.7. The number of nitrogens with two attached hydrogens (primary N) is 1. The van der Waals surface area contributed by atoms with Gasteiger partial charge in [0.05, 0.1) is 13.0 Å². The first-order chi connectivity index (χ1) is 7.19. The number of rotatable bonds is 6. The molecule has 0 aliphatic carbocycles. The van der Waals surface area contributed by atoms with Crippen molar-refractivity contribution in [2.24, 2.45) is 11.7 Å². The van der Waals surface area contributed by atoms with Crippen LogP contribution in [0.3, 0.4) is 0 Å². The maximum Gasteiger partial charge on any atom is 0.390 e. The molecule has 98 valence electrons. The number of likely N-dealkylation sites (N-methyl/N-ethyl adjacent to an activating group) is 1. The van der Waals surface area contributed by atoms with E-state index in [1.54, 1.807) is 7.05 Å². The molecule has 2 unspecified atom stereocenters. The molecular formula is C10H21F3N2O. The molecule has 16 heavy (non-hydrogen) atoms. The van der Waals surface area contributed by atoms with Gasteiger partial charge in [-0.1, -0.05) is 13.8 Å². The minimum absolute atomic E-state index is 0.116. The maximum absolute atomic E-state index is 12.0. The van der Waals surface area contributed by atoms with Crippen LogP contribution < -0.4 is 5.73 Å². The van der Waals surface area contributed by atoms with Gasteiger partial charge in [-0.05, 0) is 13.0 Å². The van der Waals surface area contributed by atoms with Crippen molar-refractivity contribution >= 4 is 0 Å². The van der Waals surface area contributed by atoms with Gasteiger partial charge in [-0.25, -0.2) is 0 Å². The van der Waals surface area contributed by atoms with Crippen molar-refractivity contribution in [2.45, 2.75) is 38.5 Å². The molecule has 0 rings (SSSR count). The highest BCUT2D eigenvalue weighted by Gasteiger charge is 2.30. The van der Waals surface area contributed by atoms with Crippen molar-refractivity contribution in [3.63, 3.8) is 0 Å². The Balaban J connectivity index is 4.26. The molecule has 0 saturated heterocycles. The minimum Gasteiger partial charge on any atom is -0.395 e. The Labute approximate surface area is 94.4 Å². The highest BCUT2D eigenvalue weighted by atomic mass is 19.4.